The Balaban J connectivity index is 3.47. The van der Waals surface area contributed by atoms with E-state index in [1.54, 1.807) is 0 Å². The number of aromatic hydroxyl groups is 1. The van der Waals surface area contributed by atoms with Gasteiger partial charge >= 0.3 is 10.2 Å². The summed E-state index contributed by atoms with van der Waals surface area (Å²) in [6.45, 7) is 1.06. The lowest BCUT2D eigenvalue weighted by atomic mass is 10.1. The van der Waals surface area contributed by atoms with E-state index in [-0.39, 0.29) is 12.1 Å². The fourth-order valence-corrected chi connectivity index (χ4v) is 1.78. The second-order valence-electron chi connectivity index (χ2n) is 3.37. The van der Waals surface area contributed by atoms with Crippen LogP contribution in [0.15, 0.2) is 23.1 Å². The van der Waals surface area contributed by atoms with Gasteiger partial charge in [-0.05, 0) is 25.1 Å². The van der Waals surface area contributed by atoms with Crippen molar-refractivity contribution in [1.82, 2.24) is 0 Å². The van der Waals surface area contributed by atoms with Gasteiger partial charge in [0.25, 0.3) is 0 Å². The lowest BCUT2D eigenvalue weighted by Crippen LogP contribution is -2.07. The predicted octanol–water partition coefficient (Wildman–Crippen LogP) is 4.10. The number of hydrogen-bond donors (Lipinski definition) is 2. The van der Waals surface area contributed by atoms with Crippen LogP contribution >= 0.6 is 10.2 Å². The SMILES string of the molecule is CC(O)c1cc(S(F)(F)(F)(F)F)ccc1O. The number of halogens is 5. The van der Waals surface area contributed by atoms with Crippen molar-refractivity contribution in [2.45, 2.75) is 17.9 Å². The lowest BCUT2D eigenvalue weighted by Gasteiger charge is -2.40. The highest BCUT2D eigenvalue weighted by Gasteiger charge is 2.65. The molecule has 1 atom stereocenters. The zero-order valence-corrected chi connectivity index (χ0v) is 8.82. The van der Waals surface area contributed by atoms with E-state index >= 15 is 0 Å². The predicted molar refractivity (Wildman–Crippen MR) is 50.1 cm³/mol. The van der Waals surface area contributed by atoms with Gasteiger partial charge in [0.15, 0.2) is 0 Å². The molecular weight excluding hydrogens is 255 g/mol. The van der Waals surface area contributed by atoms with Gasteiger partial charge in [-0.15, -0.1) is 0 Å². The van der Waals surface area contributed by atoms with Gasteiger partial charge in [-0.25, -0.2) is 0 Å². The first-order chi connectivity index (χ1) is 6.81. The number of hydrogen-bond acceptors (Lipinski definition) is 2. The van der Waals surface area contributed by atoms with Crippen molar-refractivity contribution in [3.05, 3.63) is 23.8 Å². The third-order valence-corrected chi connectivity index (χ3v) is 3.04. The molecule has 1 unspecified atom stereocenters. The Labute approximate surface area is 88.1 Å². The first-order valence-corrected chi connectivity index (χ1v) is 6.01. The summed E-state index contributed by atoms with van der Waals surface area (Å²) in [7, 11) is -9.76. The molecule has 0 aliphatic heterocycles. The Morgan fingerprint density at radius 1 is 1.12 bits per heavy atom. The highest BCUT2D eigenvalue weighted by atomic mass is 32.5. The number of phenolic OH excluding ortho intramolecular Hbond substituents is 1. The summed E-state index contributed by atoms with van der Waals surface area (Å²) in [6, 6.07) is 0.625. The minimum atomic E-state index is -9.76. The molecule has 0 aliphatic rings. The van der Waals surface area contributed by atoms with Gasteiger partial charge in [0.05, 0.1) is 6.10 Å². The molecular formula is C8H9F5O2S. The topological polar surface area (TPSA) is 40.5 Å². The Bertz CT molecular complexity index is 425. The molecule has 2 nitrogen and oxygen atoms in total. The Morgan fingerprint density at radius 2 is 1.62 bits per heavy atom. The van der Waals surface area contributed by atoms with Crippen LogP contribution in [0.5, 0.6) is 5.75 Å². The lowest BCUT2D eigenvalue weighted by molar-refractivity contribution is 0.194. The summed E-state index contributed by atoms with van der Waals surface area (Å²) >= 11 is 0. The fraction of sp³-hybridized carbons (Fsp3) is 0.250. The minimum absolute atomic E-state index is 0.0571. The summed E-state index contributed by atoms with van der Waals surface area (Å²) in [6.07, 6.45) is -1.47. The fourth-order valence-electron chi connectivity index (χ4n) is 1.11. The smallest absolute Gasteiger partial charge is 0.310 e. The molecule has 0 amide bonds. The summed E-state index contributed by atoms with van der Waals surface area (Å²) in [5.41, 5.74) is -0.592. The van der Waals surface area contributed by atoms with Gasteiger partial charge < -0.3 is 10.2 Å². The highest BCUT2D eigenvalue weighted by Crippen LogP contribution is 3.02. The van der Waals surface area contributed by atoms with E-state index in [2.05, 4.69) is 0 Å². The van der Waals surface area contributed by atoms with Gasteiger partial charge in [-0.2, -0.15) is 0 Å². The van der Waals surface area contributed by atoms with Gasteiger partial charge in [0.1, 0.15) is 10.6 Å². The van der Waals surface area contributed by atoms with E-state index in [1.807, 2.05) is 0 Å². The van der Waals surface area contributed by atoms with E-state index in [0.717, 1.165) is 6.92 Å². The van der Waals surface area contributed by atoms with Crippen LogP contribution < -0.4 is 0 Å². The summed E-state index contributed by atoms with van der Waals surface area (Å²) in [5, 5.41) is 18.1. The molecule has 0 fully saturated rings. The molecule has 1 rings (SSSR count). The molecule has 0 aliphatic carbocycles. The molecule has 16 heavy (non-hydrogen) atoms. The molecule has 2 N–H and O–H groups in total. The molecule has 0 heterocycles. The van der Waals surface area contributed by atoms with Gasteiger partial charge in [0, 0.05) is 5.56 Å². The average Bonchev–Trinajstić information content (AvgIpc) is 1.99. The monoisotopic (exact) mass is 264 g/mol. The molecule has 0 aromatic heterocycles. The molecule has 0 radical (unpaired) electrons. The summed E-state index contributed by atoms with van der Waals surface area (Å²) in [5.74, 6) is -0.666. The molecule has 0 bridgehead atoms. The van der Waals surface area contributed by atoms with Crippen LogP contribution in [0.3, 0.4) is 0 Å². The number of phenols is 1. The molecule has 0 saturated heterocycles. The van der Waals surface area contributed by atoms with Crippen molar-refractivity contribution < 1.29 is 29.6 Å². The average molecular weight is 264 g/mol. The van der Waals surface area contributed by atoms with Crippen LogP contribution in [-0.4, -0.2) is 10.2 Å². The van der Waals surface area contributed by atoms with Gasteiger partial charge in [-0.3, -0.25) is 0 Å². The van der Waals surface area contributed by atoms with Crippen LogP contribution in [0.25, 0.3) is 0 Å². The molecule has 94 valence electrons. The second-order valence-corrected chi connectivity index (χ2v) is 5.77. The van der Waals surface area contributed by atoms with Crippen LogP contribution in [0.4, 0.5) is 19.4 Å². The standard InChI is InChI=1S/C8H9F5O2S/c1-5(14)7-4-6(2-3-8(7)15)16(9,10,11,12)13/h2-5,14-15H,1H3. The zero-order valence-electron chi connectivity index (χ0n) is 8.00. The normalized spacial score (nSPS) is 18.7. The second kappa shape index (κ2) is 2.80. The van der Waals surface area contributed by atoms with E-state index < -0.39 is 32.5 Å². The molecule has 0 spiro atoms. The molecule has 0 saturated carbocycles. The first-order valence-electron chi connectivity index (χ1n) is 4.06. The maximum Gasteiger partial charge on any atom is 0.310 e. The summed E-state index contributed by atoms with van der Waals surface area (Å²) in [4.78, 5) is -2.13. The van der Waals surface area contributed by atoms with E-state index in [0.29, 0.717) is 6.07 Å². The third kappa shape index (κ3) is 2.76. The maximum atomic E-state index is 12.4. The summed E-state index contributed by atoms with van der Waals surface area (Å²) < 4.78 is 61.8. The van der Waals surface area contributed by atoms with Crippen LogP contribution in [0, 0.1) is 0 Å². The zero-order chi connectivity index (χ0) is 12.8. The van der Waals surface area contributed by atoms with E-state index in [4.69, 9.17) is 10.2 Å². The Kier molecular flexibility index (Phi) is 2.29. The maximum absolute atomic E-state index is 12.4. The van der Waals surface area contributed by atoms with Crippen LogP contribution in [0.1, 0.15) is 18.6 Å². The molecule has 1 aromatic rings. The number of rotatable bonds is 2. The van der Waals surface area contributed by atoms with Crippen molar-refractivity contribution in [2.24, 2.45) is 0 Å². The van der Waals surface area contributed by atoms with Crippen molar-refractivity contribution in [3.8, 4) is 5.75 Å². The highest BCUT2D eigenvalue weighted by molar-refractivity contribution is 8.45. The first kappa shape index (κ1) is 13.0. The van der Waals surface area contributed by atoms with E-state index in [9.17, 15) is 19.4 Å². The van der Waals surface area contributed by atoms with Crippen LogP contribution in [-0.2, 0) is 0 Å². The largest absolute Gasteiger partial charge is 0.508 e. The van der Waals surface area contributed by atoms with Gasteiger partial charge in [0.2, 0.25) is 0 Å². The molecule has 8 heteroatoms. The number of benzene rings is 1. The minimum Gasteiger partial charge on any atom is -0.508 e. The van der Waals surface area contributed by atoms with Gasteiger partial charge in [-0.1, -0.05) is 19.4 Å². The number of aliphatic hydroxyl groups is 1. The van der Waals surface area contributed by atoms with Crippen molar-refractivity contribution in [3.63, 3.8) is 0 Å². The van der Waals surface area contributed by atoms with Crippen LogP contribution in [0.2, 0.25) is 0 Å². The third-order valence-electron chi connectivity index (χ3n) is 1.89. The molecule has 1 aromatic carbocycles. The Morgan fingerprint density at radius 3 is 2.00 bits per heavy atom. The Hall–Kier alpha value is -1.02. The van der Waals surface area contributed by atoms with Crippen molar-refractivity contribution in [2.75, 3.05) is 0 Å². The van der Waals surface area contributed by atoms with Crippen molar-refractivity contribution >= 4 is 10.2 Å². The quantitative estimate of drug-likeness (QED) is 0.789. The number of aliphatic hydroxyl groups excluding tert-OH is 1. The van der Waals surface area contributed by atoms with E-state index in [1.165, 1.54) is 0 Å². The van der Waals surface area contributed by atoms with Crippen molar-refractivity contribution in [1.29, 1.82) is 0 Å².